The Morgan fingerprint density at radius 3 is 3.00 bits per heavy atom. The van der Waals surface area contributed by atoms with Crippen molar-refractivity contribution in [3.05, 3.63) is 53.9 Å². The topological polar surface area (TPSA) is 24.4 Å². The third-order valence-corrected chi connectivity index (χ3v) is 2.13. The first kappa shape index (κ1) is 9.29. The van der Waals surface area contributed by atoms with Crippen molar-refractivity contribution in [3.63, 3.8) is 0 Å². The highest BCUT2D eigenvalue weighted by Crippen LogP contribution is 2.22. The SMILES string of the molecule is C#C/C=C1/Nc2ccccc2C=NC1=C. The summed E-state index contributed by atoms with van der Waals surface area (Å²) in [5.74, 6) is 2.47. The number of aliphatic imine (C=N–C) groups is 1. The van der Waals surface area contributed by atoms with Crippen molar-refractivity contribution < 1.29 is 0 Å². The minimum Gasteiger partial charge on any atom is -0.353 e. The molecule has 2 heteroatoms. The van der Waals surface area contributed by atoms with Crippen molar-refractivity contribution in [1.82, 2.24) is 0 Å². The molecule has 0 unspecified atom stereocenters. The number of terminal acetylenes is 1. The zero-order chi connectivity index (χ0) is 10.7. The van der Waals surface area contributed by atoms with Crippen LogP contribution in [0.3, 0.4) is 0 Å². The fourth-order valence-electron chi connectivity index (χ4n) is 1.36. The molecule has 2 rings (SSSR count). The van der Waals surface area contributed by atoms with Crippen molar-refractivity contribution >= 4 is 11.9 Å². The third kappa shape index (κ3) is 1.82. The molecule has 2 nitrogen and oxygen atoms in total. The zero-order valence-corrected chi connectivity index (χ0v) is 8.20. The van der Waals surface area contributed by atoms with Gasteiger partial charge in [0, 0.05) is 23.5 Å². The van der Waals surface area contributed by atoms with E-state index in [4.69, 9.17) is 6.42 Å². The number of hydrogen-bond acceptors (Lipinski definition) is 2. The smallest absolute Gasteiger partial charge is 0.0799 e. The van der Waals surface area contributed by atoms with Crippen molar-refractivity contribution in [2.24, 2.45) is 4.99 Å². The van der Waals surface area contributed by atoms with Gasteiger partial charge < -0.3 is 5.32 Å². The van der Waals surface area contributed by atoms with Gasteiger partial charge in [-0.15, -0.1) is 6.42 Å². The highest BCUT2D eigenvalue weighted by molar-refractivity contribution is 5.90. The molecule has 15 heavy (non-hydrogen) atoms. The van der Waals surface area contributed by atoms with Crippen LogP contribution in [0.5, 0.6) is 0 Å². The Kier molecular flexibility index (Phi) is 2.38. The average Bonchev–Trinajstić information content (AvgIpc) is 2.41. The summed E-state index contributed by atoms with van der Waals surface area (Å²) in [6.45, 7) is 3.83. The van der Waals surface area contributed by atoms with E-state index in [1.54, 1.807) is 12.3 Å². The normalized spacial score (nSPS) is 16.5. The van der Waals surface area contributed by atoms with Crippen LogP contribution >= 0.6 is 0 Å². The van der Waals surface area contributed by atoms with Crippen molar-refractivity contribution in [1.29, 1.82) is 0 Å². The molecule has 0 amide bonds. The monoisotopic (exact) mass is 194 g/mol. The second-order valence-corrected chi connectivity index (χ2v) is 3.14. The van der Waals surface area contributed by atoms with E-state index in [9.17, 15) is 0 Å². The molecule has 1 aliphatic heterocycles. The Hall–Kier alpha value is -2.27. The van der Waals surface area contributed by atoms with Gasteiger partial charge in [-0.2, -0.15) is 0 Å². The molecule has 72 valence electrons. The molecule has 1 aromatic carbocycles. The Balaban J connectivity index is 2.50. The predicted molar refractivity (Wildman–Crippen MR) is 63.7 cm³/mol. The van der Waals surface area contributed by atoms with Crippen LogP contribution in [-0.2, 0) is 0 Å². The molecular formula is C13H10N2. The van der Waals surface area contributed by atoms with Gasteiger partial charge in [-0.3, -0.25) is 4.99 Å². The lowest BCUT2D eigenvalue weighted by atomic mass is 10.2. The molecule has 0 saturated heterocycles. The molecule has 0 aromatic heterocycles. The summed E-state index contributed by atoms with van der Waals surface area (Å²) in [6, 6.07) is 7.88. The van der Waals surface area contributed by atoms with Crippen LogP contribution < -0.4 is 5.32 Å². The average molecular weight is 194 g/mol. The Bertz CT molecular complexity index is 502. The second-order valence-electron chi connectivity index (χ2n) is 3.14. The Labute approximate surface area is 89.0 Å². The van der Waals surface area contributed by atoms with Crippen LogP contribution in [0.25, 0.3) is 0 Å². The van der Waals surface area contributed by atoms with Gasteiger partial charge in [0.2, 0.25) is 0 Å². The Morgan fingerprint density at radius 1 is 1.40 bits per heavy atom. The van der Waals surface area contributed by atoms with E-state index in [1.165, 1.54) is 0 Å². The highest BCUT2D eigenvalue weighted by atomic mass is 15.0. The highest BCUT2D eigenvalue weighted by Gasteiger charge is 2.08. The molecule has 1 aliphatic rings. The summed E-state index contributed by atoms with van der Waals surface area (Å²) in [6.07, 6.45) is 8.64. The fourth-order valence-corrected chi connectivity index (χ4v) is 1.36. The summed E-state index contributed by atoms with van der Waals surface area (Å²) in [5, 5.41) is 3.20. The van der Waals surface area contributed by atoms with Gasteiger partial charge in [0.15, 0.2) is 0 Å². The quantitative estimate of drug-likeness (QED) is 0.631. The van der Waals surface area contributed by atoms with Gasteiger partial charge in [-0.25, -0.2) is 0 Å². The molecule has 0 spiro atoms. The lowest BCUT2D eigenvalue weighted by Gasteiger charge is -2.08. The van der Waals surface area contributed by atoms with Gasteiger partial charge >= 0.3 is 0 Å². The molecule has 0 radical (unpaired) electrons. The first-order valence-electron chi connectivity index (χ1n) is 4.57. The zero-order valence-electron chi connectivity index (χ0n) is 8.20. The summed E-state index contributed by atoms with van der Waals surface area (Å²) in [7, 11) is 0. The molecule has 0 bridgehead atoms. The standard InChI is InChI=1S/C13H10N2/c1-3-6-12-10(2)14-9-11-7-4-5-8-13(11)15-12/h1,4-9,15H,2H2/b12-6+. The van der Waals surface area contributed by atoms with E-state index in [2.05, 4.69) is 22.8 Å². The molecule has 1 aromatic rings. The van der Waals surface area contributed by atoms with Crippen LogP contribution in [-0.4, -0.2) is 6.21 Å². The van der Waals surface area contributed by atoms with Crippen LogP contribution in [0.1, 0.15) is 5.56 Å². The van der Waals surface area contributed by atoms with Crippen molar-refractivity contribution in [3.8, 4) is 12.3 Å². The number of hydrogen-bond donors (Lipinski definition) is 1. The summed E-state index contributed by atoms with van der Waals surface area (Å²) >= 11 is 0. The van der Waals surface area contributed by atoms with Gasteiger partial charge in [-0.1, -0.05) is 30.7 Å². The van der Waals surface area contributed by atoms with Crippen molar-refractivity contribution in [2.75, 3.05) is 5.32 Å². The van der Waals surface area contributed by atoms with E-state index in [0.29, 0.717) is 5.70 Å². The summed E-state index contributed by atoms with van der Waals surface area (Å²) in [4.78, 5) is 4.22. The third-order valence-electron chi connectivity index (χ3n) is 2.13. The van der Waals surface area contributed by atoms with Crippen LogP contribution in [0.4, 0.5) is 5.69 Å². The number of anilines is 1. The maximum atomic E-state index is 5.23. The largest absolute Gasteiger partial charge is 0.353 e. The lowest BCUT2D eigenvalue weighted by molar-refractivity contribution is 1.33. The molecule has 1 N–H and O–H groups in total. The van der Waals surface area contributed by atoms with E-state index in [-0.39, 0.29) is 0 Å². The van der Waals surface area contributed by atoms with Gasteiger partial charge in [0.25, 0.3) is 0 Å². The molecule has 0 atom stereocenters. The number of benzodiazepines with no additional fused rings is 1. The molecule has 0 saturated carbocycles. The molecule has 1 heterocycles. The molecule has 0 fully saturated rings. The number of rotatable bonds is 0. The maximum Gasteiger partial charge on any atom is 0.0799 e. The van der Waals surface area contributed by atoms with E-state index < -0.39 is 0 Å². The van der Waals surface area contributed by atoms with Crippen LogP contribution in [0.15, 0.2) is 53.3 Å². The summed E-state index contributed by atoms with van der Waals surface area (Å²) in [5.41, 5.74) is 3.42. The maximum absolute atomic E-state index is 5.23. The van der Waals surface area contributed by atoms with E-state index in [0.717, 1.165) is 16.9 Å². The van der Waals surface area contributed by atoms with Gasteiger partial charge in [-0.05, 0) is 6.07 Å². The number of nitrogens with zero attached hydrogens (tertiary/aromatic N) is 1. The number of nitrogens with one attached hydrogen (secondary N) is 1. The summed E-state index contributed by atoms with van der Waals surface area (Å²) < 4.78 is 0. The number of para-hydroxylation sites is 1. The van der Waals surface area contributed by atoms with Crippen molar-refractivity contribution in [2.45, 2.75) is 0 Å². The number of benzene rings is 1. The van der Waals surface area contributed by atoms with E-state index in [1.807, 2.05) is 24.3 Å². The predicted octanol–water partition coefficient (Wildman–Crippen LogP) is 2.56. The van der Waals surface area contributed by atoms with Gasteiger partial charge in [0.05, 0.1) is 11.4 Å². The molecular weight excluding hydrogens is 184 g/mol. The minimum absolute atomic E-state index is 0.643. The molecule has 0 aliphatic carbocycles. The first-order chi connectivity index (χ1) is 7.31. The Morgan fingerprint density at radius 2 is 2.20 bits per heavy atom. The number of allylic oxidation sites excluding steroid dienone is 1. The van der Waals surface area contributed by atoms with Crippen LogP contribution in [0.2, 0.25) is 0 Å². The second kappa shape index (κ2) is 3.85. The fraction of sp³-hybridized carbons (Fsp3) is 0. The first-order valence-corrected chi connectivity index (χ1v) is 4.57. The van der Waals surface area contributed by atoms with Gasteiger partial charge in [0.1, 0.15) is 0 Å². The minimum atomic E-state index is 0.643. The van der Waals surface area contributed by atoms with E-state index >= 15 is 0 Å². The lowest BCUT2D eigenvalue weighted by Crippen LogP contribution is -1.99. The number of fused-ring (bicyclic) bond motifs is 1. The van der Waals surface area contributed by atoms with Crippen LogP contribution in [0, 0.1) is 12.3 Å².